The van der Waals surface area contributed by atoms with Crippen molar-refractivity contribution in [1.29, 1.82) is 0 Å². The number of anilines is 1. The van der Waals surface area contributed by atoms with Crippen molar-refractivity contribution in [2.45, 2.75) is 70.0 Å². The van der Waals surface area contributed by atoms with E-state index in [9.17, 15) is 14.4 Å². The number of carbonyl (C=O) groups is 3. The van der Waals surface area contributed by atoms with Gasteiger partial charge in [0, 0.05) is 47.9 Å². The summed E-state index contributed by atoms with van der Waals surface area (Å²) >= 11 is 6.33. The van der Waals surface area contributed by atoms with Crippen LogP contribution in [0.2, 0.25) is 5.02 Å². The Labute approximate surface area is 264 Å². The van der Waals surface area contributed by atoms with Crippen LogP contribution in [0.4, 0.5) is 5.69 Å². The molecule has 0 radical (unpaired) electrons. The molecule has 1 fully saturated rings. The molecule has 1 heterocycles. The number of rotatable bonds is 11. The smallest absolute Gasteiger partial charge is 0.258 e. The van der Waals surface area contributed by atoms with Crippen LogP contribution in [0, 0.1) is 0 Å². The van der Waals surface area contributed by atoms with Gasteiger partial charge in [-0.05, 0) is 60.0 Å². The molecule has 44 heavy (non-hydrogen) atoms. The van der Waals surface area contributed by atoms with Crippen molar-refractivity contribution >= 4 is 45.8 Å². The summed E-state index contributed by atoms with van der Waals surface area (Å²) in [4.78, 5) is 44.9. The van der Waals surface area contributed by atoms with Gasteiger partial charge in [0.25, 0.3) is 5.91 Å². The number of hydrogen-bond acceptors (Lipinski definition) is 3. The summed E-state index contributed by atoms with van der Waals surface area (Å²) in [7, 11) is 0. The lowest BCUT2D eigenvalue weighted by Crippen LogP contribution is -2.52. The molecule has 6 rings (SSSR count). The second-order valence-electron chi connectivity index (χ2n) is 11.9. The third-order valence-electron chi connectivity index (χ3n) is 8.89. The molecule has 0 saturated heterocycles. The highest BCUT2D eigenvalue weighted by atomic mass is 35.5. The Kier molecular flexibility index (Phi) is 9.27. The van der Waals surface area contributed by atoms with Crippen LogP contribution < -0.4 is 10.2 Å². The SMILES string of the molecule is O=C(NC1CCCCC1)C(Cc1ccccc1)N(Cc1cccc(Cl)c1)C(=O)CCCN1C(=O)c2cccc3cccc1c23. The molecule has 4 aromatic carbocycles. The summed E-state index contributed by atoms with van der Waals surface area (Å²) in [5.41, 5.74) is 3.45. The van der Waals surface area contributed by atoms with Crippen LogP contribution in [-0.2, 0) is 22.6 Å². The number of halogens is 1. The predicted molar refractivity (Wildman–Crippen MR) is 176 cm³/mol. The van der Waals surface area contributed by atoms with Gasteiger partial charge in [0.05, 0.1) is 5.69 Å². The monoisotopic (exact) mass is 607 g/mol. The maximum absolute atomic E-state index is 14.1. The first-order valence-corrected chi connectivity index (χ1v) is 16.1. The molecule has 226 valence electrons. The molecule has 1 aliphatic heterocycles. The Balaban J connectivity index is 1.23. The molecule has 4 aromatic rings. The Bertz CT molecular complexity index is 1650. The van der Waals surface area contributed by atoms with E-state index >= 15 is 0 Å². The number of nitrogens with zero attached hydrogens (tertiary/aromatic N) is 2. The first-order valence-electron chi connectivity index (χ1n) is 15.7. The van der Waals surface area contributed by atoms with E-state index in [0.717, 1.165) is 53.3 Å². The van der Waals surface area contributed by atoms with Gasteiger partial charge >= 0.3 is 0 Å². The Morgan fingerprint density at radius 2 is 1.61 bits per heavy atom. The van der Waals surface area contributed by atoms with Crippen LogP contribution in [0.3, 0.4) is 0 Å². The molecule has 1 unspecified atom stereocenters. The highest BCUT2D eigenvalue weighted by molar-refractivity contribution is 6.30. The van der Waals surface area contributed by atoms with Gasteiger partial charge in [0.2, 0.25) is 11.8 Å². The predicted octanol–water partition coefficient (Wildman–Crippen LogP) is 7.32. The minimum absolute atomic E-state index is 0.0335. The van der Waals surface area contributed by atoms with Gasteiger partial charge in [-0.1, -0.05) is 97.6 Å². The van der Waals surface area contributed by atoms with Gasteiger partial charge in [-0.3, -0.25) is 14.4 Å². The fourth-order valence-electron chi connectivity index (χ4n) is 6.66. The maximum Gasteiger partial charge on any atom is 0.258 e. The summed E-state index contributed by atoms with van der Waals surface area (Å²) in [6.45, 7) is 0.684. The summed E-state index contributed by atoms with van der Waals surface area (Å²) in [5, 5.41) is 5.88. The molecular weight excluding hydrogens is 570 g/mol. The van der Waals surface area contributed by atoms with E-state index in [1.807, 2.05) is 84.9 Å². The van der Waals surface area contributed by atoms with Gasteiger partial charge in [-0.15, -0.1) is 0 Å². The Morgan fingerprint density at radius 1 is 0.886 bits per heavy atom. The molecule has 7 heteroatoms. The standard InChI is InChI=1S/C37H38ClN3O3/c38-29-16-7-13-27(23-29)25-41(33(24-26-11-3-1-4-12-26)36(43)39-30-17-5-2-6-18-30)34(42)21-10-22-40-32-20-9-15-28-14-8-19-31(35(28)32)37(40)44/h1,3-4,7-9,11-16,19-20,23,30,33H,2,5-6,10,17-18,21-22,24-25H2,(H,39,43). The number of nitrogens with one attached hydrogen (secondary N) is 1. The van der Waals surface area contributed by atoms with Crippen molar-refractivity contribution in [3.63, 3.8) is 0 Å². The van der Waals surface area contributed by atoms with E-state index < -0.39 is 6.04 Å². The van der Waals surface area contributed by atoms with Crippen LogP contribution in [0.25, 0.3) is 10.8 Å². The molecular formula is C37H38ClN3O3. The number of carbonyl (C=O) groups excluding carboxylic acids is 3. The van der Waals surface area contributed by atoms with Gasteiger partial charge in [0.15, 0.2) is 0 Å². The van der Waals surface area contributed by atoms with Gasteiger partial charge < -0.3 is 15.1 Å². The minimum atomic E-state index is -0.683. The van der Waals surface area contributed by atoms with Crippen molar-refractivity contribution < 1.29 is 14.4 Å². The Morgan fingerprint density at radius 3 is 2.39 bits per heavy atom. The minimum Gasteiger partial charge on any atom is -0.352 e. The highest BCUT2D eigenvalue weighted by Gasteiger charge is 2.33. The van der Waals surface area contributed by atoms with Crippen molar-refractivity contribution in [2.24, 2.45) is 0 Å². The molecule has 0 bridgehead atoms. The number of amides is 3. The average Bonchev–Trinajstić information content (AvgIpc) is 3.31. The van der Waals surface area contributed by atoms with Crippen molar-refractivity contribution in [3.05, 3.63) is 113 Å². The van der Waals surface area contributed by atoms with Crippen LogP contribution in [0.5, 0.6) is 0 Å². The second-order valence-corrected chi connectivity index (χ2v) is 12.4. The second kappa shape index (κ2) is 13.6. The van der Waals surface area contributed by atoms with E-state index in [1.54, 1.807) is 15.9 Å². The first kappa shape index (κ1) is 29.9. The van der Waals surface area contributed by atoms with E-state index in [0.29, 0.717) is 30.0 Å². The lowest BCUT2D eigenvalue weighted by Gasteiger charge is -2.33. The van der Waals surface area contributed by atoms with E-state index in [2.05, 4.69) is 5.32 Å². The molecule has 1 aliphatic carbocycles. The summed E-state index contributed by atoms with van der Waals surface area (Å²) in [5.74, 6) is -0.270. The largest absolute Gasteiger partial charge is 0.352 e. The zero-order valence-corrected chi connectivity index (χ0v) is 25.6. The van der Waals surface area contributed by atoms with Gasteiger partial charge in [0.1, 0.15) is 6.04 Å². The topological polar surface area (TPSA) is 69.7 Å². The van der Waals surface area contributed by atoms with E-state index in [-0.39, 0.29) is 36.7 Å². The zero-order valence-electron chi connectivity index (χ0n) is 24.9. The molecule has 1 N–H and O–H groups in total. The normalized spacial score (nSPS) is 15.4. The molecule has 0 aromatic heterocycles. The number of hydrogen-bond donors (Lipinski definition) is 1. The van der Waals surface area contributed by atoms with Crippen molar-refractivity contribution in [2.75, 3.05) is 11.4 Å². The molecule has 2 aliphatic rings. The van der Waals surface area contributed by atoms with E-state index in [4.69, 9.17) is 11.6 Å². The highest BCUT2D eigenvalue weighted by Crippen LogP contribution is 2.37. The van der Waals surface area contributed by atoms with Gasteiger partial charge in [-0.25, -0.2) is 0 Å². The van der Waals surface area contributed by atoms with Gasteiger partial charge in [-0.2, -0.15) is 0 Å². The third-order valence-corrected chi connectivity index (χ3v) is 9.12. The van der Waals surface area contributed by atoms with Crippen molar-refractivity contribution in [3.8, 4) is 0 Å². The lowest BCUT2D eigenvalue weighted by atomic mass is 9.94. The van der Waals surface area contributed by atoms with Crippen molar-refractivity contribution in [1.82, 2.24) is 10.2 Å². The third kappa shape index (κ3) is 6.66. The van der Waals surface area contributed by atoms with Crippen LogP contribution in [-0.4, -0.2) is 41.2 Å². The van der Waals surface area contributed by atoms with Crippen LogP contribution >= 0.6 is 11.6 Å². The zero-order chi connectivity index (χ0) is 30.5. The Hall–Kier alpha value is -4.16. The van der Waals surface area contributed by atoms with E-state index in [1.165, 1.54) is 6.42 Å². The molecule has 6 nitrogen and oxygen atoms in total. The quantitative estimate of drug-likeness (QED) is 0.194. The van der Waals surface area contributed by atoms with Crippen LogP contribution in [0.15, 0.2) is 91.0 Å². The maximum atomic E-state index is 14.1. The number of benzene rings is 4. The molecule has 0 spiro atoms. The molecule has 3 amide bonds. The van der Waals surface area contributed by atoms with Crippen LogP contribution in [0.1, 0.15) is 66.4 Å². The average molecular weight is 608 g/mol. The summed E-state index contributed by atoms with van der Waals surface area (Å²) < 4.78 is 0. The summed E-state index contributed by atoms with van der Waals surface area (Å²) in [6, 6.07) is 28.5. The first-order chi connectivity index (χ1) is 21.5. The fraction of sp³-hybridized carbons (Fsp3) is 0.324. The molecule has 1 atom stereocenters. The molecule has 1 saturated carbocycles. The lowest BCUT2D eigenvalue weighted by molar-refractivity contribution is -0.141. The summed E-state index contributed by atoms with van der Waals surface area (Å²) in [6.07, 6.45) is 6.42. The fourth-order valence-corrected chi connectivity index (χ4v) is 6.88.